The molecule has 0 spiro atoms. The summed E-state index contributed by atoms with van der Waals surface area (Å²) in [5.74, 6) is 0. The summed E-state index contributed by atoms with van der Waals surface area (Å²) >= 11 is 0. The maximum Gasteiger partial charge on any atom is 0.258 e. The van der Waals surface area contributed by atoms with Gasteiger partial charge in [-0.25, -0.2) is 4.98 Å². The molecule has 4 aromatic heterocycles. The zero-order valence-electron chi connectivity index (χ0n) is 18.7. The molecule has 6 rings (SSSR count). The third-order valence-electron chi connectivity index (χ3n) is 7.07. The predicted octanol–water partition coefficient (Wildman–Crippen LogP) is 3.30. The van der Waals surface area contributed by atoms with E-state index in [0.29, 0.717) is 11.3 Å². The van der Waals surface area contributed by atoms with Crippen molar-refractivity contribution in [3.8, 4) is 11.3 Å². The summed E-state index contributed by atoms with van der Waals surface area (Å²) in [4.78, 5) is 27.4. The molecule has 32 heavy (non-hydrogen) atoms. The summed E-state index contributed by atoms with van der Waals surface area (Å²) < 4.78 is 3.73. The van der Waals surface area contributed by atoms with Crippen molar-refractivity contribution in [3.63, 3.8) is 0 Å². The maximum atomic E-state index is 13.0. The van der Waals surface area contributed by atoms with E-state index in [9.17, 15) is 4.79 Å². The first-order valence-corrected chi connectivity index (χ1v) is 11.5. The van der Waals surface area contributed by atoms with E-state index in [1.807, 2.05) is 38.5 Å². The van der Waals surface area contributed by atoms with Gasteiger partial charge in [0.2, 0.25) is 0 Å². The summed E-state index contributed by atoms with van der Waals surface area (Å²) in [5, 5.41) is 0. The van der Waals surface area contributed by atoms with Crippen LogP contribution in [0.25, 0.3) is 22.4 Å². The molecular weight excluding hydrogens is 400 g/mol. The first-order valence-electron chi connectivity index (χ1n) is 11.5. The van der Waals surface area contributed by atoms with E-state index in [-0.39, 0.29) is 5.56 Å². The van der Waals surface area contributed by atoms with Gasteiger partial charge in [0.05, 0.1) is 28.3 Å². The summed E-state index contributed by atoms with van der Waals surface area (Å²) in [7, 11) is 0. The van der Waals surface area contributed by atoms with Crippen molar-refractivity contribution in [2.45, 2.75) is 39.2 Å². The molecule has 164 valence electrons. The van der Waals surface area contributed by atoms with Gasteiger partial charge in [-0.05, 0) is 64.4 Å². The molecule has 0 radical (unpaired) electrons. The SMILES string of the molecule is Cc1cn2cc(-c3cc(=O)n4cc(N5CCC(N6CCC6)CC5)ccc4n3)cc2c(C)n1. The largest absolute Gasteiger partial charge is 0.370 e. The number of aryl methyl sites for hydroxylation is 2. The molecule has 0 saturated carbocycles. The van der Waals surface area contributed by atoms with Crippen molar-refractivity contribution in [3.05, 3.63) is 64.6 Å². The van der Waals surface area contributed by atoms with E-state index in [1.165, 1.54) is 32.4 Å². The highest BCUT2D eigenvalue weighted by molar-refractivity contribution is 5.70. The van der Waals surface area contributed by atoms with Gasteiger partial charge >= 0.3 is 0 Å². The van der Waals surface area contributed by atoms with Crippen LogP contribution in [0.2, 0.25) is 0 Å². The number of aromatic nitrogens is 4. The number of nitrogens with zero attached hydrogens (tertiary/aromatic N) is 6. The van der Waals surface area contributed by atoms with Gasteiger partial charge in [0.15, 0.2) is 0 Å². The Kier molecular flexibility index (Phi) is 4.54. The second kappa shape index (κ2) is 7.45. The van der Waals surface area contributed by atoms with Crippen LogP contribution in [0.4, 0.5) is 5.69 Å². The van der Waals surface area contributed by atoms with Crippen LogP contribution in [-0.2, 0) is 0 Å². The van der Waals surface area contributed by atoms with E-state index in [2.05, 4.69) is 31.3 Å². The topological polar surface area (TPSA) is 58.2 Å². The number of hydrogen-bond acceptors (Lipinski definition) is 5. The third kappa shape index (κ3) is 3.28. The van der Waals surface area contributed by atoms with Crippen molar-refractivity contribution in [2.24, 2.45) is 0 Å². The molecule has 6 heterocycles. The zero-order valence-corrected chi connectivity index (χ0v) is 18.7. The van der Waals surface area contributed by atoms with E-state index in [4.69, 9.17) is 4.98 Å². The molecule has 0 aliphatic carbocycles. The molecule has 0 atom stereocenters. The second-order valence-electron chi connectivity index (χ2n) is 9.19. The average Bonchev–Trinajstić information content (AvgIpc) is 3.17. The van der Waals surface area contributed by atoms with Gasteiger partial charge in [-0.15, -0.1) is 0 Å². The Labute approximate surface area is 186 Å². The highest BCUT2D eigenvalue weighted by Gasteiger charge is 2.28. The smallest absolute Gasteiger partial charge is 0.258 e. The summed E-state index contributed by atoms with van der Waals surface area (Å²) in [6.45, 7) is 8.59. The Morgan fingerprint density at radius 2 is 1.75 bits per heavy atom. The van der Waals surface area contributed by atoms with E-state index < -0.39 is 0 Å². The van der Waals surface area contributed by atoms with Gasteiger partial charge in [-0.1, -0.05) is 0 Å². The van der Waals surface area contributed by atoms with Crippen molar-refractivity contribution in [1.82, 2.24) is 23.7 Å². The zero-order chi connectivity index (χ0) is 21.8. The monoisotopic (exact) mass is 428 g/mol. The molecule has 0 amide bonds. The molecule has 7 heteroatoms. The lowest BCUT2D eigenvalue weighted by Gasteiger charge is -2.43. The molecule has 0 aromatic carbocycles. The maximum absolute atomic E-state index is 13.0. The number of anilines is 1. The van der Waals surface area contributed by atoms with E-state index in [0.717, 1.165) is 47.3 Å². The van der Waals surface area contributed by atoms with Gasteiger partial charge < -0.3 is 14.2 Å². The summed E-state index contributed by atoms with van der Waals surface area (Å²) in [6, 6.07) is 8.49. The molecular formula is C25H28N6O. The minimum atomic E-state index is -0.0522. The average molecular weight is 429 g/mol. The second-order valence-corrected chi connectivity index (χ2v) is 9.19. The van der Waals surface area contributed by atoms with Crippen LogP contribution in [0.5, 0.6) is 0 Å². The van der Waals surface area contributed by atoms with Crippen LogP contribution in [0, 0.1) is 13.8 Å². The fraction of sp³-hybridized carbons (Fsp3) is 0.400. The molecule has 0 N–H and O–H groups in total. The van der Waals surface area contributed by atoms with Crippen molar-refractivity contribution >= 4 is 16.9 Å². The fourth-order valence-corrected chi connectivity index (χ4v) is 5.19. The van der Waals surface area contributed by atoms with Gasteiger partial charge in [0.25, 0.3) is 5.56 Å². The number of hydrogen-bond donors (Lipinski definition) is 0. The minimum Gasteiger partial charge on any atom is -0.370 e. The minimum absolute atomic E-state index is 0.0522. The first-order chi connectivity index (χ1) is 15.5. The van der Waals surface area contributed by atoms with Crippen molar-refractivity contribution in [2.75, 3.05) is 31.1 Å². The van der Waals surface area contributed by atoms with Crippen LogP contribution in [0.1, 0.15) is 30.7 Å². The quantitative estimate of drug-likeness (QED) is 0.501. The molecule has 4 aromatic rings. The number of piperidine rings is 1. The molecule has 7 nitrogen and oxygen atoms in total. The standard InChI is InChI=1S/C25H28N6O/c1-17-14-30-15-19(12-23(30)18(2)26-17)22-13-25(32)31-16-21(4-5-24(31)27-22)29-10-6-20(7-11-29)28-8-3-9-28/h4-5,12-16,20H,3,6-11H2,1-2H3. The van der Waals surface area contributed by atoms with E-state index >= 15 is 0 Å². The number of likely N-dealkylation sites (tertiary alicyclic amines) is 1. The number of pyridine rings is 1. The lowest BCUT2D eigenvalue weighted by atomic mass is 9.99. The van der Waals surface area contributed by atoms with Crippen LogP contribution in [0.15, 0.2) is 47.7 Å². The molecule has 2 fully saturated rings. The number of rotatable bonds is 3. The number of fused-ring (bicyclic) bond motifs is 2. The Bertz CT molecular complexity index is 1370. The van der Waals surface area contributed by atoms with E-state index in [1.54, 1.807) is 10.5 Å². The van der Waals surface area contributed by atoms with Gasteiger partial charge in [-0.3, -0.25) is 14.2 Å². The van der Waals surface area contributed by atoms with Crippen LogP contribution in [0.3, 0.4) is 0 Å². The van der Waals surface area contributed by atoms with Crippen LogP contribution in [-0.4, -0.2) is 55.9 Å². The molecule has 0 bridgehead atoms. The Morgan fingerprint density at radius 1 is 0.938 bits per heavy atom. The Morgan fingerprint density at radius 3 is 2.50 bits per heavy atom. The van der Waals surface area contributed by atoms with Gasteiger partial charge in [0.1, 0.15) is 5.65 Å². The summed E-state index contributed by atoms with van der Waals surface area (Å²) in [5.41, 5.74) is 6.31. The van der Waals surface area contributed by atoms with Crippen LogP contribution >= 0.6 is 0 Å². The van der Waals surface area contributed by atoms with Crippen LogP contribution < -0.4 is 10.5 Å². The van der Waals surface area contributed by atoms with Crippen molar-refractivity contribution < 1.29 is 0 Å². The summed E-state index contributed by atoms with van der Waals surface area (Å²) in [6.07, 6.45) is 9.70. The van der Waals surface area contributed by atoms with Gasteiger partial charge in [-0.2, -0.15) is 0 Å². The molecule has 2 aliphatic heterocycles. The Balaban J connectivity index is 1.30. The lowest BCUT2D eigenvalue weighted by Crippen LogP contribution is -2.50. The highest BCUT2D eigenvalue weighted by Crippen LogP contribution is 2.26. The van der Waals surface area contributed by atoms with Crippen molar-refractivity contribution in [1.29, 1.82) is 0 Å². The molecule has 2 saturated heterocycles. The van der Waals surface area contributed by atoms with Gasteiger partial charge in [0, 0.05) is 49.4 Å². The molecule has 2 aliphatic rings. The third-order valence-corrected chi connectivity index (χ3v) is 7.07. The highest BCUT2D eigenvalue weighted by atomic mass is 16.1. The Hall–Kier alpha value is -3.19. The molecule has 0 unspecified atom stereocenters. The lowest BCUT2D eigenvalue weighted by molar-refractivity contribution is 0.100. The fourth-order valence-electron chi connectivity index (χ4n) is 5.19. The normalized spacial score (nSPS) is 17.9. The predicted molar refractivity (Wildman–Crippen MR) is 127 cm³/mol. The first kappa shape index (κ1) is 19.5.